The Kier molecular flexibility index (Phi) is 18.4. The standard InChI is InChI=1S/C28H52NP2.C4H11Si.Co/c1-5-13-25(14-6-1)30(26-15-7-2-8-16-26)23-21-29-22-24-31(27-17-9-3-10-18-27)28-19-11-4-12-20-28;1-5(2,3)4;/h25-28H,1-24H2;1H2,2-4H3;/q2*-1;+2. The van der Waals surface area contributed by atoms with E-state index in [0.29, 0.717) is 0 Å². The molecule has 0 aromatic heterocycles. The fourth-order valence-electron chi connectivity index (χ4n) is 7.46. The topological polar surface area (TPSA) is 14.1 Å². The van der Waals surface area contributed by atoms with Crippen LogP contribution < -0.4 is 0 Å². The van der Waals surface area contributed by atoms with Crippen LogP contribution in [-0.2, 0) is 16.8 Å². The van der Waals surface area contributed by atoms with E-state index < -0.39 is 8.07 Å². The van der Waals surface area contributed by atoms with Crippen molar-refractivity contribution in [2.45, 2.75) is 171 Å². The molecule has 0 amide bonds. The Hall–Kier alpha value is 1.54. The molecule has 37 heavy (non-hydrogen) atoms. The molecule has 4 aliphatic carbocycles. The summed E-state index contributed by atoms with van der Waals surface area (Å²) in [6.07, 6.45) is 33.8. The SMILES string of the molecule is C1CCC(P(CC[N-]CCP(C2CCCCC2)C2CCCCC2)C2CCCCC2)CC1.[CH2-][Si](C)(C)C.[Co+2]. The van der Waals surface area contributed by atoms with E-state index >= 15 is 0 Å². The Balaban J connectivity index is 0.000000734. The molecule has 0 aromatic rings. The Morgan fingerprint density at radius 3 is 0.946 bits per heavy atom. The van der Waals surface area contributed by atoms with Gasteiger partial charge >= 0.3 is 16.8 Å². The molecule has 4 rings (SSSR count). The van der Waals surface area contributed by atoms with Gasteiger partial charge in [-0.2, -0.15) is 0 Å². The fourth-order valence-corrected chi connectivity index (χ4v) is 15.0. The maximum Gasteiger partial charge on any atom is 2.00 e. The average molecular weight is 611 g/mol. The molecule has 0 aliphatic heterocycles. The molecule has 0 N–H and O–H groups in total. The van der Waals surface area contributed by atoms with Crippen LogP contribution in [0.4, 0.5) is 0 Å². The maximum absolute atomic E-state index is 5.26. The van der Waals surface area contributed by atoms with E-state index in [0.717, 1.165) is 22.6 Å². The van der Waals surface area contributed by atoms with Gasteiger partial charge in [-0.05, 0) is 74.0 Å². The minimum atomic E-state index is -0.861. The first-order valence-corrected chi connectivity index (χ1v) is 23.5. The summed E-state index contributed by atoms with van der Waals surface area (Å²) >= 11 is 0. The van der Waals surface area contributed by atoms with E-state index in [1.165, 1.54) is 102 Å². The Morgan fingerprint density at radius 2 is 0.730 bits per heavy atom. The van der Waals surface area contributed by atoms with Crippen LogP contribution in [0, 0.1) is 6.55 Å². The monoisotopic (exact) mass is 610 g/mol. The molecule has 1 nitrogen and oxygen atoms in total. The number of hydrogen-bond donors (Lipinski definition) is 0. The van der Waals surface area contributed by atoms with Crippen LogP contribution in [0.1, 0.15) is 128 Å². The number of nitrogens with zero attached hydrogens (tertiary/aromatic N) is 1. The zero-order valence-corrected chi connectivity index (χ0v) is 29.0. The van der Waals surface area contributed by atoms with E-state index in [1.54, 1.807) is 51.4 Å². The maximum atomic E-state index is 5.26. The van der Waals surface area contributed by atoms with E-state index in [1.807, 2.05) is 0 Å². The van der Waals surface area contributed by atoms with Gasteiger partial charge in [-0.15, -0.1) is 37.0 Å². The zero-order chi connectivity index (χ0) is 25.6. The van der Waals surface area contributed by atoms with Crippen molar-refractivity contribution in [1.82, 2.24) is 0 Å². The van der Waals surface area contributed by atoms with Gasteiger partial charge in [0.25, 0.3) is 0 Å². The second kappa shape index (κ2) is 19.6. The number of rotatable bonds is 10. The molecule has 0 unspecified atom stereocenters. The van der Waals surface area contributed by atoms with Gasteiger partial charge in [-0.25, -0.2) is 0 Å². The van der Waals surface area contributed by atoms with Crippen LogP contribution in [-0.4, -0.2) is 56.1 Å². The van der Waals surface area contributed by atoms with Gasteiger partial charge in [0.2, 0.25) is 0 Å². The molecular formula is C32H63CoNP2Si. The smallest absolute Gasteiger partial charge is 0.662 e. The Morgan fingerprint density at radius 1 is 0.514 bits per heavy atom. The first-order chi connectivity index (χ1) is 17.4. The van der Waals surface area contributed by atoms with Gasteiger partial charge in [0.15, 0.2) is 0 Å². The third kappa shape index (κ3) is 14.3. The van der Waals surface area contributed by atoms with E-state index in [4.69, 9.17) is 5.32 Å². The van der Waals surface area contributed by atoms with Crippen LogP contribution in [0.15, 0.2) is 0 Å². The zero-order valence-electron chi connectivity index (χ0n) is 25.2. The minimum absolute atomic E-state index is 0. The molecule has 0 aromatic carbocycles. The molecule has 0 heterocycles. The molecule has 219 valence electrons. The Bertz CT molecular complexity index is 463. The van der Waals surface area contributed by atoms with Crippen molar-refractivity contribution in [3.8, 4) is 0 Å². The van der Waals surface area contributed by atoms with Crippen molar-refractivity contribution in [2.75, 3.05) is 25.4 Å². The van der Waals surface area contributed by atoms with Crippen LogP contribution >= 0.6 is 15.8 Å². The van der Waals surface area contributed by atoms with Gasteiger partial charge in [0.05, 0.1) is 0 Å². The summed E-state index contributed by atoms with van der Waals surface area (Å²) in [5.41, 5.74) is 4.46. The van der Waals surface area contributed by atoms with Crippen LogP contribution in [0.5, 0.6) is 0 Å². The average Bonchev–Trinajstić information content (AvgIpc) is 2.89. The van der Waals surface area contributed by atoms with Gasteiger partial charge in [0, 0.05) is 0 Å². The summed E-state index contributed by atoms with van der Waals surface area (Å²) < 4.78 is 0. The van der Waals surface area contributed by atoms with Crippen molar-refractivity contribution >= 4 is 23.9 Å². The summed E-state index contributed by atoms with van der Waals surface area (Å²) in [6.45, 7) is 13.0. The molecule has 0 spiro atoms. The summed E-state index contributed by atoms with van der Waals surface area (Å²) in [6, 6.07) is 0. The van der Waals surface area contributed by atoms with Gasteiger partial charge < -0.3 is 11.9 Å². The van der Waals surface area contributed by atoms with E-state index in [-0.39, 0.29) is 32.6 Å². The molecule has 4 fully saturated rings. The molecule has 0 saturated heterocycles. The third-order valence-electron chi connectivity index (χ3n) is 9.21. The van der Waals surface area contributed by atoms with Crippen LogP contribution in [0.25, 0.3) is 5.32 Å². The van der Waals surface area contributed by atoms with Crippen molar-refractivity contribution in [1.29, 1.82) is 0 Å². The molecule has 0 bridgehead atoms. The normalized spacial score (nSPS) is 23.5. The first-order valence-electron chi connectivity index (χ1n) is 16.4. The molecule has 5 heteroatoms. The van der Waals surface area contributed by atoms with Gasteiger partial charge in [0.1, 0.15) is 0 Å². The Labute approximate surface area is 247 Å². The first kappa shape index (κ1) is 34.7. The van der Waals surface area contributed by atoms with Gasteiger partial charge in [-0.3, -0.25) is 0 Å². The predicted octanol–water partition coefficient (Wildman–Crippen LogP) is 11.4. The second-order valence-electron chi connectivity index (χ2n) is 13.9. The van der Waals surface area contributed by atoms with Crippen molar-refractivity contribution < 1.29 is 16.8 Å². The molecule has 0 atom stereocenters. The molecule has 4 saturated carbocycles. The van der Waals surface area contributed by atoms with Gasteiger partial charge in [-0.1, -0.05) is 109 Å². The molecular weight excluding hydrogens is 547 g/mol. The number of hydrogen-bond acceptors (Lipinski definition) is 0. The third-order valence-corrected chi connectivity index (χ3v) is 16.5. The van der Waals surface area contributed by atoms with Crippen LogP contribution in [0.3, 0.4) is 0 Å². The largest absolute Gasteiger partial charge is 2.00 e. The summed E-state index contributed by atoms with van der Waals surface area (Å²) in [7, 11) is -0.344. The summed E-state index contributed by atoms with van der Waals surface area (Å²) in [5.74, 6) is 0. The quantitative estimate of drug-likeness (QED) is 0.101. The summed E-state index contributed by atoms with van der Waals surface area (Å²) in [4.78, 5) is 0. The van der Waals surface area contributed by atoms with Crippen molar-refractivity contribution in [3.05, 3.63) is 11.9 Å². The summed E-state index contributed by atoms with van der Waals surface area (Å²) in [5, 5.41) is 5.26. The molecule has 1 radical (unpaired) electrons. The van der Waals surface area contributed by atoms with Crippen LogP contribution in [0.2, 0.25) is 19.6 Å². The van der Waals surface area contributed by atoms with E-state index in [9.17, 15) is 0 Å². The molecule has 4 aliphatic rings. The minimum Gasteiger partial charge on any atom is -0.662 e. The van der Waals surface area contributed by atoms with Crippen molar-refractivity contribution in [2.24, 2.45) is 0 Å². The fraction of sp³-hybridized carbons (Fsp3) is 0.969. The second-order valence-corrected chi connectivity index (χ2v) is 24.9. The van der Waals surface area contributed by atoms with Crippen molar-refractivity contribution in [3.63, 3.8) is 0 Å². The predicted molar refractivity (Wildman–Crippen MR) is 173 cm³/mol. The van der Waals surface area contributed by atoms with E-state index in [2.05, 4.69) is 26.2 Å².